The number of rotatable bonds is 3. The van der Waals surface area contributed by atoms with Crippen LogP contribution in [0.2, 0.25) is 0 Å². The minimum absolute atomic E-state index is 0.0429. The first kappa shape index (κ1) is 15.4. The molecule has 1 N–H and O–H groups in total. The fourth-order valence-electron chi connectivity index (χ4n) is 0.844. The lowest BCUT2D eigenvalue weighted by molar-refractivity contribution is -0.146. The van der Waals surface area contributed by atoms with Gasteiger partial charge in [-0.15, -0.1) is 0 Å². The van der Waals surface area contributed by atoms with E-state index in [1.165, 1.54) is 14.0 Å². The van der Waals surface area contributed by atoms with Crippen molar-refractivity contribution in [2.75, 3.05) is 7.11 Å². The fourth-order valence-corrected chi connectivity index (χ4v) is 0.844. The zero-order chi connectivity index (χ0) is 11.7. The van der Waals surface area contributed by atoms with Crippen LogP contribution in [0.15, 0.2) is 0 Å². The van der Waals surface area contributed by atoms with Crippen LogP contribution in [0.3, 0.4) is 0 Å². The molecule has 84 valence electrons. The summed E-state index contributed by atoms with van der Waals surface area (Å²) in [6.07, 6.45) is 0. The molecule has 0 aromatic carbocycles. The maximum Gasteiger partial charge on any atom is 0.328 e. The maximum absolute atomic E-state index is 11.1. The topological polar surface area (TPSA) is 55.4 Å². The van der Waals surface area contributed by atoms with Gasteiger partial charge in [-0.2, -0.15) is 0 Å². The van der Waals surface area contributed by atoms with E-state index in [-0.39, 0.29) is 11.8 Å². The Hall–Kier alpha value is -1.06. The molecule has 4 nitrogen and oxygen atoms in total. The highest BCUT2D eigenvalue weighted by atomic mass is 16.5. The fraction of sp³-hybridized carbons (Fsp3) is 0.800. The lowest BCUT2D eigenvalue weighted by atomic mass is 10.1. The van der Waals surface area contributed by atoms with Gasteiger partial charge in [0.25, 0.3) is 0 Å². The molecule has 0 saturated carbocycles. The predicted molar refractivity (Wildman–Crippen MR) is 55.8 cm³/mol. The average molecular weight is 203 g/mol. The third kappa shape index (κ3) is 6.46. The Morgan fingerprint density at radius 1 is 1.21 bits per heavy atom. The molecule has 0 heterocycles. The van der Waals surface area contributed by atoms with Crippen LogP contribution < -0.4 is 5.32 Å². The summed E-state index contributed by atoms with van der Waals surface area (Å²) in [5, 5.41) is 2.52. The number of nitrogens with one attached hydrogen (secondary N) is 1. The number of carbonyl (C=O) groups excluding carboxylic acids is 2. The first-order chi connectivity index (χ1) is 6.49. The molecule has 0 aliphatic heterocycles. The second-order valence-corrected chi connectivity index (χ2v) is 2.95. The van der Waals surface area contributed by atoms with Gasteiger partial charge in [0.15, 0.2) is 0 Å². The summed E-state index contributed by atoms with van der Waals surface area (Å²) in [4.78, 5) is 21.7. The molecule has 1 unspecified atom stereocenters. The van der Waals surface area contributed by atoms with E-state index in [1.54, 1.807) is 0 Å². The lowest BCUT2D eigenvalue weighted by Crippen LogP contribution is -2.44. The zero-order valence-electron chi connectivity index (χ0n) is 9.88. The normalized spacial score (nSPS) is 11.1. The number of amides is 1. The number of esters is 1. The molecule has 0 aromatic heterocycles. The molecule has 0 spiro atoms. The van der Waals surface area contributed by atoms with Crippen LogP contribution in [0.5, 0.6) is 0 Å². The van der Waals surface area contributed by atoms with Crippen molar-refractivity contribution < 1.29 is 14.3 Å². The SMILES string of the molecule is CC.COC(=O)C(NC(C)=O)C(C)C. The Bertz CT molecular complexity index is 178. The lowest BCUT2D eigenvalue weighted by Gasteiger charge is -2.18. The van der Waals surface area contributed by atoms with E-state index in [0.717, 1.165) is 0 Å². The molecule has 1 atom stereocenters. The largest absolute Gasteiger partial charge is 0.467 e. The molecule has 0 bridgehead atoms. The molecule has 0 aromatic rings. The summed E-state index contributed by atoms with van der Waals surface area (Å²) in [5.41, 5.74) is 0. The maximum atomic E-state index is 11.1. The minimum atomic E-state index is -0.535. The van der Waals surface area contributed by atoms with Crippen molar-refractivity contribution in [3.63, 3.8) is 0 Å². The van der Waals surface area contributed by atoms with Gasteiger partial charge in [0.1, 0.15) is 6.04 Å². The number of methoxy groups -OCH3 is 1. The van der Waals surface area contributed by atoms with Crippen molar-refractivity contribution in [1.29, 1.82) is 0 Å². The summed E-state index contributed by atoms with van der Waals surface area (Å²) >= 11 is 0. The highest BCUT2D eigenvalue weighted by Crippen LogP contribution is 2.02. The molecule has 0 aliphatic rings. The zero-order valence-corrected chi connectivity index (χ0v) is 9.88. The van der Waals surface area contributed by atoms with Crippen molar-refractivity contribution in [2.45, 2.75) is 40.7 Å². The van der Waals surface area contributed by atoms with Crippen LogP contribution in [0.25, 0.3) is 0 Å². The smallest absolute Gasteiger partial charge is 0.328 e. The van der Waals surface area contributed by atoms with E-state index in [4.69, 9.17) is 0 Å². The van der Waals surface area contributed by atoms with Crippen molar-refractivity contribution in [1.82, 2.24) is 5.32 Å². The van der Waals surface area contributed by atoms with Gasteiger partial charge in [0.2, 0.25) is 5.91 Å². The van der Waals surface area contributed by atoms with E-state index >= 15 is 0 Å². The summed E-state index contributed by atoms with van der Waals surface area (Å²) < 4.78 is 4.52. The summed E-state index contributed by atoms with van der Waals surface area (Å²) in [6, 6.07) is -0.535. The summed E-state index contributed by atoms with van der Waals surface area (Å²) in [7, 11) is 1.31. The van der Waals surface area contributed by atoms with Crippen molar-refractivity contribution in [2.24, 2.45) is 5.92 Å². The van der Waals surface area contributed by atoms with Gasteiger partial charge in [0.05, 0.1) is 7.11 Å². The number of hydrogen-bond donors (Lipinski definition) is 1. The molecule has 0 fully saturated rings. The molecular formula is C10H21NO3. The number of carbonyl (C=O) groups is 2. The minimum Gasteiger partial charge on any atom is -0.467 e. The van der Waals surface area contributed by atoms with Gasteiger partial charge in [-0.25, -0.2) is 4.79 Å². The standard InChI is InChI=1S/C8H15NO3.C2H6/c1-5(2)7(8(11)12-4)9-6(3)10;1-2/h5,7H,1-4H3,(H,9,10);1-2H3. The quantitative estimate of drug-likeness (QED) is 0.704. The highest BCUT2D eigenvalue weighted by molar-refractivity contribution is 5.83. The van der Waals surface area contributed by atoms with Crippen LogP contribution in [0.4, 0.5) is 0 Å². The molecule has 14 heavy (non-hydrogen) atoms. The van der Waals surface area contributed by atoms with E-state index in [0.29, 0.717) is 0 Å². The molecule has 0 saturated heterocycles. The Labute approximate surface area is 86.0 Å². The van der Waals surface area contributed by atoms with Crippen molar-refractivity contribution in [3.05, 3.63) is 0 Å². The van der Waals surface area contributed by atoms with Gasteiger partial charge in [-0.1, -0.05) is 27.7 Å². The number of hydrogen-bond acceptors (Lipinski definition) is 3. The van der Waals surface area contributed by atoms with Crippen molar-refractivity contribution in [3.8, 4) is 0 Å². The second-order valence-electron chi connectivity index (χ2n) is 2.95. The third-order valence-electron chi connectivity index (χ3n) is 1.48. The molecule has 0 rings (SSSR count). The van der Waals surface area contributed by atoms with Gasteiger partial charge in [-0.05, 0) is 5.92 Å². The van der Waals surface area contributed by atoms with Gasteiger partial charge in [-0.3, -0.25) is 4.79 Å². The Balaban J connectivity index is 0. The first-order valence-electron chi connectivity index (χ1n) is 4.84. The molecular weight excluding hydrogens is 182 g/mol. The average Bonchev–Trinajstić information content (AvgIpc) is 2.15. The third-order valence-corrected chi connectivity index (χ3v) is 1.48. The molecule has 1 amide bonds. The van der Waals surface area contributed by atoms with Gasteiger partial charge < -0.3 is 10.1 Å². The van der Waals surface area contributed by atoms with Crippen LogP contribution in [-0.4, -0.2) is 25.0 Å². The van der Waals surface area contributed by atoms with Crippen LogP contribution in [-0.2, 0) is 14.3 Å². The molecule has 4 heteroatoms. The molecule has 0 aliphatic carbocycles. The van der Waals surface area contributed by atoms with E-state index in [9.17, 15) is 9.59 Å². The highest BCUT2D eigenvalue weighted by Gasteiger charge is 2.23. The Kier molecular flexibility index (Phi) is 9.40. The predicted octanol–water partition coefficient (Wildman–Crippen LogP) is 1.35. The second kappa shape index (κ2) is 8.53. The molecule has 0 radical (unpaired) electrons. The number of ether oxygens (including phenoxy) is 1. The van der Waals surface area contributed by atoms with Crippen LogP contribution in [0, 0.1) is 5.92 Å². The first-order valence-corrected chi connectivity index (χ1v) is 4.84. The van der Waals surface area contributed by atoms with E-state index in [1.807, 2.05) is 27.7 Å². The summed E-state index contributed by atoms with van der Waals surface area (Å²) in [5.74, 6) is -0.583. The Morgan fingerprint density at radius 3 is 1.86 bits per heavy atom. The van der Waals surface area contributed by atoms with E-state index in [2.05, 4.69) is 10.1 Å². The van der Waals surface area contributed by atoms with Crippen LogP contribution in [0.1, 0.15) is 34.6 Å². The van der Waals surface area contributed by atoms with Gasteiger partial charge >= 0.3 is 5.97 Å². The van der Waals surface area contributed by atoms with Crippen LogP contribution >= 0.6 is 0 Å². The van der Waals surface area contributed by atoms with E-state index < -0.39 is 12.0 Å². The Morgan fingerprint density at radius 2 is 1.64 bits per heavy atom. The van der Waals surface area contributed by atoms with Crippen molar-refractivity contribution >= 4 is 11.9 Å². The summed E-state index contributed by atoms with van der Waals surface area (Å²) in [6.45, 7) is 9.06. The van der Waals surface area contributed by atoms with Gasteiger partial charge in [0, 0.05) is 6.92 Å². The monoisotopic (exact) mass is 203 g/mol.